The van der Waals surface area contributed by atoms with Crippen LogP contribution in [-0.4, -0.2) is 55.2 Å². The third kappa shape index (κ3) is 8.40. The maximum Gasteiger partial charge on any atom is 0.416 e. The van der Waals surface area contributed by atoms with E-state index < -0.39 is 32.7 Å². The highest BCUT2D eigenvalue weighted by Gasteiger charge is 2.50. The Bertz CT molecular complexity index is 1640. The van der Waals surface area contributed by atoms with E-state index in [9.17, 15) is 19.2 Å². The van der Waals surface area contributed by atoms with Crippen LogP contribution in [0.5, 0.6) is 0 Å². The highest BCUT2D eigenvalue weighted by molar-refractivity contribution is 6.74. The predicted octanol–water partition coefficient (Wildman–Crippen LogP) is 8.22. The largest absolute Gasteiger partial charge is 0.444 e. The van der Waals surface area contributed by atoms with Gasteiger partial charge in [0, 0.05) is 18.5 Å². The van der Waals surface area contributed by atoms with E-state index in [0.717, 1.165) is 34.2 Å². The van der Waals surface area contributed by atoms with Crippen LogP contribution < -0.4 is 10.2 Å². The summed E-state index contributed by atoms with van der Waals surface area (Å²) in [4.78, 5) is 57.3. The van der Waals surface area contributed by atoms with E-state index >= 15 is 0 Å². The number of ketones is 1. The first kappa shape index (κ1) is 39.0. The van der Waals surface area contributed by atoms with E-state index in [-0.39, 0.29) is 47.5 Å². The third-order valence-electron chi connectivity index (χ3n) is 10.8. The lowest BCUT2D eigenvalue weighted by molar-refractivity contribution is -0.130. The van der Waals surface area contributed by atoms with Crippen molar-refractivity contribution in [2.24, 2.45) is 11.8 Å². The summed E-state index contributed by atoms with van der Waals surface area (Å²) in [5.74, 6) is -0.257. The van der Waals surface area contributed by atoms with Crippen LogP contribution in [0.15, 0.2) is 48.2 Å². The zero-order valence-corrected chi connectivity index (χ0v) is 33.1. The lowest BCUT2D eigenvalue weighted by Gasteiger charge is -2.44. The molecule has 0 saturated carbocycles. The van der Waals surface area contributed by atoms with Crippen molar-refractivity contribution in [1.82, 2.24) is 10.2 Å². The summed E-state index contributed by atoms with van der Waals surface area (Å²) in [5.41, 5.74) is 5.45. The van der Waals surface area contributed by atoms with Crippen LogP contribution in [0.3, 0.4) is 0 Å². The minimum absolute atomic E-state index is 0.00375. The van der Waals surface area contributed by atoms with Gasteiger partial charge in [-0.05, 0) is 99.0 Å². The summed E-state index contributed by atoms with van der Waals surface area (Å²) in [6.45, 7) is 24.4. The number of Topliss-reactive ketones (excluding diaryl/α,β-unsaturated/α-hetero) is 1. The molecule has 3 amide bonds. The Morgan fingerprint density at radius 2 is 1.58 bits per heavy atom. The summed E-state index contributed by atoms with van der Waals surface area (Å²) in [6, 6.07) is 10.1. The summed E-state index contributed by atoms with van der Waals surface area (Å²) in [6.07, 6.45) is 2.02. The Hall–Kier alpha value is -3.76. The fraction of sp³-hybridized carbons (Fsp3) is 0.550. The van der Waals surface area contributed by atoms with Gasteiger partial charge in [0.15, 0.2) is 20.3 Å². The summed E-state index contributed by atoms with van der Waals surface area (Å²) in [7, 11) is -2.45. The lowest BCUT2D eigenvalue weighted by Crippen LogP contribution is -2.57. The number of ether oxygens (including phenoxy) is 1. The van der Waals surface area contributed by atoms with Crippen molar-refractivity contribution in [1.29, 1.82) is 0 Å². The molecule has 0 fully saturated rings. The molecule has 0 saturated heterocycles. The zero-order chi connectivity index (χ0) is 37.3. The fourth-order valence-corrected chi connectivity index (χ4v) is 7.60. The number of hydrogen-bond acceptors (Lipinski definition) is 6. The number of benzene rings is 2. The van der Waals surface area contributed by atoms with E-state index in [1.807, 2.05) is 84.1 Å². The average molecular weight is 704 g/mol. The fourth-order valence-electron chi connectivity index (χ4n) is 6.38. The second-order valence-electron chi connectivity index (χ2n) is 16.1. The molecule has 0 aromatic heterocycles. The first-order valence-corrected chi connectivity index (χ1v) is 20.8. The van der Waals surface area contributed by atoms with Gasteiger partial charge in [-0.3, -0.25) is 14.4 Å². The first-order valence-electron chi connectivity index (χ1n) is 17.9. The molecule has 0 spiro atoms. The quantitative estimate of drug-likeness (QED) is 0.237. The van der Waals surface area contributed by atoms with Crippen LogP contribution in [0.4, 0.5) is 10.5 Å². The van der Waals surface area contributed by atoms with Crippen LogP contribution in [-0.2, 0) is 31.8 Å². The number of amides is 3. The molecule has 9 nitrogen and oxygen atoms in total. The van der Waals surface area contributed by atoms with Crippen molar-refractivity contribution in [3.63, 3.8) is 0 Å². The normalized spacial score (nSPS) is 19.0. The molecule has 4 atom stereocenters. The maximum atomic E-state index is 14.3. The van der Waals surface area contributed by atoms with Gasteiger partial charge in [0.05, 0.1) is 23.3 Å². The van der Waals surface area contributed by atoms with E-state index in [2.05, 4.69) is 39.2 Å². The van der Waals surface area contributed by atoms with Crippen molar-refractivity contribution in [2.45, 2.75) is 132 Å². The second kappa shape index (κ2) is 15.2. The molecular weight excluding hydrogens is 647 g/mol. The molecule has 2 aromatic carbocycles. The second-order valence-corrected chi connectivity index (χ2v) is 20.8. The van der Waals surface area contributed by atoms with Gasteiger partial charge in [-0.25, -0.2) is 9.69 Å². The van der Waals surface area contributed by atoms with Crippen molar-refractivity contribution in [3.05, 3.63) is 76.0 Å². The van der Waals surface area contributed by atoms with E-state index in [4.69, 9.17) is 9.16 Å². The topological polar surface area (TPSA) is 105 Å². The van der Waals surface area contributed by atoms with Gasteiger partial charge in [0.1, 0.15) is 6.61 Å². The molecule has 0 bridgehead atoms. The standard InChI is InChI=1S/C40H57N3O6Si/c1-13-31(24(2)3)36(45)41-28(7)35(44)21-29-14-16-30(17-15-29)23-48-39(47)43-33-20-27(6)26(5)19-32(33)37(46)42-22-25(4)18-34(42)38(43)49-50(11,12)40(8,9)10/h14-17,19-20,22,24,28,31,34,38H,13,18,21,23H2,1-12H3,(H,41,45)/t28-,31-,34-,38-/m0/s1. The number of carbonyl (C=O) groups excluding carboxylic acids is 4. The molecule has 10 heteroatoms. The molecular formula is C40H57N3O6Si. The van der Waals surface area contributed by atoms with Gasteiger partial charge in [0.25, 0.3) is 5.91 Å². The number of nitrogens with one attached hydrogen (secondary N) is 1. The van der Waals surface area contributed by atoms with Gasteiger partial charge < -0.3 is 19.4 Å². The Labute approximate surface area is 299 Å². The molecule has 0 unspecified atom stereocenters. The predicted molar refractivity (Wildman–Crippen MR) is 200 cm³/mol. The zero-order valence-electron chi connectivity index (χ0n) is 32.1. The van der Waals surface area contributed by atoms with Gasteiger partial charge >= 0.3 is 6.09 Å². The van der Waals surface area contributed by atoms with Crippen LogP contribution in [0.2, 0.25) is 18.1 Å². The number of anilines is 1. The number of aryl methyl sites for hydroxylation is 2. The highest BCUT2D eigenvalue weighted by atomic mass is 28.4. The molecule has 2 aliphatic heterocycles. The van der Waals surface area contributed by atoms with Crippen LogP contribution in [0.25, 0.3) is 0 Å². The van der Waals surface area contributed by atoms with E-state index in [1.165, 1.54) is 0 Å². The minimum atomic E-state index is -2.45. The molecule has 4 rings (SSSR count). The smallest absolute Gasteiger partial charge is 0.416 e. The molecule has 0 radical (unpaired) electrons. The number of carbonyl (C=O) groups is 4. The van der Waals surface area contributed by atoms with Crippen molar-refractivity contribution in [3.8, 4) is 0 Å². The van der Waals surface area contributed by atoms with E-state index in [0.29, 0.717) is 17.7 Å². The maximum absolute atomic E-state index is 14.3. The Kier molecular flexibility index (Phi) is 11.9. The van der Waals surface area contributed by atoms with Crippen molar-refractivity contribution >= 4 is 37.7 Å². The molecule has 0 aliphatic carbocycles. The molecule has 272 valence electrons. The molecule has 2 heterocycles. The number of rotatable bonds is 11. The van der Waals surface area contributed by atoms with Gasteiger partial charge in [-0.2, -0.15) is 0 Å². The first-order chi connectivity index (χ1) is 23.2. The lowest BCUT2D eigenvalue weighted by atomic mass is 9.92. The van der Waals surface area contributed by atoms with Crippen molar-refractivity contribution < 1.29 is 28.3 Å². The molecule has 2 aromatic rings. The Balaban J connectivity index is 1.56. The number of fused-ring (bicyclic) bond motifs is 2. The van der Waals surface area contributed by atoms with Crippen LogP contribution in [0.1, 0.15) is 101 Å². The minimum Gasteiger partial charge on any atom is -0.444 e. The summed E-state index contributed by atoms with van der Waals surface area (Å²) < 4.78 is 13.1. The highest BCUT2D eigenvalue weighted by Crippen LogP contribution is 2.43. The Morgan fingerprint density at radius 3 is 2.16 bits per heavy atom. The number of hydrogen-bond donors (Lipinski definition) is 1. The monoisotopic (exact) mass is 703 g/mol. The third-order valence-corrected chi connectivity index (χ3v) is 15.2. The van der Waals surface area contributed by atoms with Crippen molar-refractivity contribution in [2.75, 3.05) is 4.90 Å². The van der Waals surface area contributed by atoms with Crippen LogP contribution >= 0.6 is 0 Å². The van der Waals surface area contributed by atoms with Gasteiger partial charge in [-0.15, -0.1) is 0 Å². The average Bonchev–Trinajstić information content (AvgIpc) is 3.39. The Morgan fingerprint density at radius 1 is 0.980 bits per heavy atom. The molecule has 50 heavy (non-hydrogen) atoms. The molecule has 1 N–H and O–H groups in total. The van der Waals surface area contributed by atoms with Gasteiger partial charge in [0.2, 0.25) is 5.91 Å². The van der Waals surface area contributed by atoms with E-state index in [1.54, 1.807) is 16.7 Å². The summed E-state index contributed by atoms with van der Waals surface area (Å²) in [5, 5.41) is 2.74. The van der Waals surface area contributed by atoms with Crippen LogP contribution in [0, 0.1) is 25.7 Å². The van der Waals surface area contributed by atoms with Gasteiger partial charge in [-0.1, -0.05) is 71.4 Å². The molecule has 2 aliphatic rings. The SMILES string of the molecule is CC[C@H](C(=O)N[C@@H](C)C(=O)Cc1ccc(COC(=O)N2c3cc(C)c(C)cc3C(=O)N3C=C(C)C[C@H]3[C@@H]2O[Si](C)(C)C(C)(C)C)cc1)C(C)C. The summed E-state index contributed by atoms with van der Waals surface area (Å²) >= 11 is 0. The number of nitrogens with zero attached hydrogens (tertiary/aromatic N) is 2.